The molecular weight excluding hydrogens is 328 g/mol. The van der Waals surface area contributed by atoms with Gasteiger partial charge in [0.15, 0.2) is 5.82 Å². The van der Waals surface area contributed by atoms with E-state index in [1.54, 1.807) is 23.1 Å². The van der Waals surface area contributed by atoms with E-state index < -0.39 is 0 Å². The molecule has 0 spiro atoms. The fourth-order valence-corrected chi connectivity index (χ4v) is 2.81. The molecule has 0 saturated heterocycles. The highest BCUT2D eigenvalue weighted by Crippen LogP contribution is 2.25. The summed E-state index contributed by atoms with van der Waals surface area (Å²) in [6.45, 7) is 3.29. The fraction of sp³-hybridized carbons (Fsp3) is 0.105. The number of para-hydroxylation sites is 1. The summed E-state index contributed by atoms with van der Waals surface area (Å²) >= 11 is 0. The molecule has 0 fully saturated rings. The summed E-state index contributed by atoms with van der Waals surface area (Å²) in [5, 5.41) is 8.23. The van der Waals surface area contributed by atoms with Crippen molar-refractivity contribution in [3.8, 4) is 17.1 Å². The third kappa shape index (κ3) is 2.90. The zero-order chi connectivity index (χ0) is 18.1. The van der Waals surface area contributed by atoms with E-state index in [4.69, 9.17) is 0 Å². The normalized spacial score (nSPS) is 10.8. The number of nitrogens with one attached hydrogen (secondary N) is 1. The molecule has 1 N–H and O–H groups in total. The Balaban J connectivity index is 1.83. The summed E-state index contributed by atoms with van der Waals surface area (Å²) in [5.41, 5.74) is 2.50. The van der Waals surface area contributed by atoms with Crippen molar-refractivity contribution in [3.63, 3.8) is 0 Å². The third-order valence-electron chi connectivity index (χ3n) is 3.88. The first-order chi connectivity index (χ1) is 12.6. The molecule has 0 aliphatic heterocycles. The van der Waals surface area contributed by atoms with Crippen LogP contribution in [0.15, 0.2) is 54.9 Å². The van der Waals surface area contributed by atoms with Crippen LogP contribution in [0.25, 0.3) is 28.0 Å². The number of amides is 1. The van der Waals surface area contributed by atoms with Crippen molar-refractivity contribution in [2.75, 3.05) is 5.32 Å². The van der Waals surface area contributed by atoms with E-state index in [1.807, 2.05) is 43.3 Å². The summed E-state index contributed by atoms with van der Waals surface area (Å²) in [4.78, 5) is 24.5. The van der Waals surface area contributed by atoms with Crippen LogP contribution in [0.5, 0.6) is 0 Å². The maximum atomic E-state index is 11.2. The van der Waals surface area contributed by atoms with E-state index >= 15 is 0 Å². The van der Waals surface area contributed by atoms with Gasteiger partial charge in [-0.1, -0.05) is 18.2 Å². The lowest BCUT2D eigenvalue weighted by molar-refractivity contribution is -0.114. The molecule has 4 aromatic rings. The van der Waals surface area contributed by atoms with E-state index in [1.165, 1.54) is 6.92 Å². The van der Waals surface area contributed by atoms with Crippen LogP contribution in [-0.4, -0.2) is 30.6 Å². The summed E-state index contributed by atoms with van der Waals surface area (Å²) in [5.74, 6) is 1.66. The first-order valence-electron chi connectivity index (χ1n) is 8.13. The maximum absolute atomic E-state index is 11.2. The molecule has 4 rings (SSSR count). The Hall–Kier alpha value is -3.61. The highest BCUT2D eigenvalue weighted by atomic mass is 16.1. The number of aryl methyl sites for hydroxylation is 1. The molecule has 1 aromatic carbocycles. The van der Waals surface area contributed by atoms with Crippen molar-refractivity contribution in [1.82, 2.24) is 24.7 Å². The summed E-state index contributed by atoms with van der Waals surface area (Å²) in [7, 11) is 0. The van der Waals surface area contributed by atoms with Gasteiger partial charge in [0.2, 0.25) is 5.91 Å². The molecule has 128 valence electrons. The number of hydrogen-bond acceptors (Lipinski definition) is 5. The van der Waals surface area contributed by atoms with Gasteiger partial charge in [-0.3, -0.25) is 9.78 Å². The lowest BCUT2D eigenvalue weighted by atomic mass is 10.2. The van der Waals surface area contributed by atoms with Crippen molar-refractivity contribution in [2.45, 2.75) is 13.8 Å². The van der Waals surface area contributed by atoms with Crippen LogP contribution < -0.4 is 5.32 Å². The highest BCUT2D eigenvalue weighted by Gasteiger charge is 2.15. The number of carbonyl (C=O) groups excluding carboxylic acids is 1. The Morgan fingerprint density at radius 1 is 1.08 bits per heavy atom. The average molecular weight is 344 g/mol. The average Bonchev–Trinajstić information content (AvgIpc) is 3.03. The van der Waals surface area contributed by atoms with Crippen molar-refractivity contribution < 1.29 is 4.79 Å². The van der Waals surface area contributed by atoms with E-state index in [0.29, 0.717) is 17.5 Å². The lowest BCUT2D eigenvalue weighted by Gasteiger charge is -2.09. The van der Waals surface area contributed by atoms with Gasteiger partial charge in [0.25, 0.3) is 0 Å². The van der Waals surface area contributed by atoms with Crippen LogP contribution in [0.1, 0.15) is 12.7 Å². The van der Waals surface area contributed by atoms with Crippen molar-refractivity contribution in [1.29, 1.82) is 0 Å². The zero-order valence-electron chi connectivity index (χ0n) is 14.3. The predicted octanol–water partition coefficient (Wildman–Crippen LogP) is 3.14. The van der Waals surface area contributed by atoms with Gasteiger partial charge in [-0.05, 0) is 31.2 Å². The first-order valence-corrected chi connectivity index (χ1v) is 8.13. The Morgan fingerprint density at radius 3 is 2.69 bits per heavy atom. The van der Waals surface area contributed by atoms with E-state index in [2.05, 4.69) is 25.4 Å². The number of nitrogens with zero attached hydrogens (tertiary/aromatic N) is 5. The lowest BCUT2D eigenvalue weighted by Crippen LogP contribution is -2.07. The van der Waals surface area contributed by atoms with Gasteiger partial charge in [0.05, 0.1) is 11.2 Å². The second-order valence-electron chi connectivity index (χ2n) is 5.86. The van der Waals surface area contributed by atoms with Gasteiger partial charge in [-0.2, -0.15) is 5.10 Å². The number of pyridine rings is 2. The number of carbonyl (C=O) groups is 1. The zero-order valence-corrected chi connectivity index (χ0v) is 14.3. The Morgan fingerprint density at radius 2 is 1.92 bits per heavy atom. The van der Waals surface area contributed by atoms with Gasteiger partial charge in [-0.15, -0.1) is 0 Å². The van der Waals surface area contributed by atoms with E-state index in [-0.39, 0.29) is 5.91 Å². The molecule has 0 saturated carbocycles. The molecule has 3 aromatic heterocycles. The second kappa shape index (κ2) is 6.36. The number of benzene rings is 1. The SMILES string of the molecule is CC(=O)Nc1ccc(-c2nc(C)nn2-c2cccc3cccnc23)cn1. The monoisotopic (exact) mass is 344 g/mol. The Kier molecular flexibility index (Phi) is 3.89. The van der Waals surface area contributed by atoms with Crippen molar-refractivity contribution in [2.24, 2.45) is 0 Å². The van der Waals surface area contributed by atoms with Crippen LogP contribution in [-0.2, 0) is 4.79 Å². The molecule has 0 atom stereocenters. The molecule has 7 heteroatoms. The topological polar surface area (TPSA) is 85.6 Å². The smallest absolute Gasteiger partial charge is 0.222 e. The van der Waals surface area contributed by atoms with Gasteiger partial charge in [-0.25, -0.2) is 14.6 Å². The van der Waals surface area contributed by atoms with Crippen LogP contribution >= 0.6 is 0 Å². The maximum Gasteiger partial charge on any atom is 0.222 e. The molecule has 0 bridgehead atoms. The van der Waals surface area contributed by atoms with Gasteiger partial charge in [0, 0.05) is 30.3 Å². The van der Waals surface area contributed by atoms with Gasteiger partial charge in [0.1, 0.15) is 11.6 Å². The minimum atomic E-state index is -0.161. The number of aromatic nitrogens is 5. The summed E-state index contributed by atoms with van der Waals surface area (Å²) in [6.07, 6.45) is 3.43. The standard InChI is InChI=1S/C19H16N6O/c1-12-22-19(15-8-9-17(21-11-15)23-13(2)26)25(24-12)16-7-3-5-14-6-4-10-20-18(14)16/h3-11H,1-2H3,(H,21,23,26). The number of anilines is 1. The number of hydrogen-bond donors (Lipinski definition) is 1. The summed E-state index contributed by atoms with van der Waals surface area (Å²) < 4.78 is 1.78. The van der Waals surface area contributed by atoms with Crippen molar-refractivity contribution in [3.05, 3.63) is 60.7 Å². The molecule has 0 aliphatic rings. The summed E-state index contributed by atoms with van der Waals surface area (Å²) in [6, 6.07) is 13.5. The molecule has 0 aliphatic carbocycles. The van der Waals surface area contributed by atoms with E-state index in [0.717, 1.165) is 22.2 Å². The number of rotatable bonds is 3. The van der Waals surface area contributed by atoms with Crippen LogP contribution in [0.4, 0.5) is 5.82 Å². The molecular formula is C19H16N6O. The molecule has 0 unspecified atom stereocenters. The van der Waals surface area contributed by atoms with Crippen LogP contribution in [0, 0.1) is 6.92 Å². The minimum Gasteiger partial charge on any atom is -0.311 e. The molecule has 0 radical (unpaired) electrons. The third-order valence-corrected chi connectivity index (χ3v) is 3.88. The first kappa shape index (κ1) is 15.9. The highest BCUT2D eigenvalue weighted by molar-refractivity contribution is 5.88. The molecule has 26 heavy (non-hydrogen) atoms. The largest absolute Gasteiger partial charge is 0.311 e. The van der Waals surface area contributed by atoms with Gasteiger partial charge < -0.3 is 5.32 Å². The Bertz CT molecular complexity index is 1100. The van der Waals surface area contributed by atoms with Crippen molar-refractivity contribution >= 4 is 22.6 Å². The number of fused-ring (bicyclic) bond motifs is 1. The molecule has 1 amide bonds. The van der Waals surface area contributed by atoms with Crippen LogP contribution in [0.3, 0.4) is 0 Å². The Labute approximate surface area is 149 Å². The van der Waals surface area contributed by atoms with E-state index in [9.17, 15) is 4.79 Å². The molecule has 3 heterocycles. The fourth-order valence-electron chi connectivity index (χ4n) is 2.81. The molecule has 7 nitrogen and oxygen atoms in total. The second-order valence-corrected chi connectivity index (χ2v) is 5.86. The quantitative estimate of drug-likeness (QED) is 0.617. The predicted molar refractivity (Wildman–Crippen MR) is 98.9 cm³/mol. The van der Waals surface area contributed by atoms with Gasteiger partial charge >= 0.3 is 0 Å². The minimum absolute atomic E-state index is 0.161. The van der Waals surface area contributed by atoms with Crippen LogP contribution in [0.2, 0.25) is 0 Å².